The van der Waals surface area contributed by atoms with Gasteiger partial charge in [-0.2, -0.15) is 0 Å². The zero-order valence-electron chi connectivity index (χ0n) is 11.0. The largest absolute Gasteiger partial charge is 0.489 e. The third-order valence-corrected chi connectivity index (χ3v) is 4.79. The average molecular weight is 342 g/mol. The van der Waals surface area contributed by atoms with Crippen molar-refractivity contribution in [3.05, 3.63) is 32.8 Å². The van der Waals surface area contributed by atoms with E-state index in [0.29, 0.717) is 12.4 Å². The fourth-order valence-corrected chi connectivity index (χ4v) is 3.22. The first kappa shape index (κ1) is 13.8. The van der Waals surface area contributed by atoms with Crippen LogP contribution >= 0.6 is 15.9 Å². The van der Waals surface area contributed by atoms with E-state index >= 15 is 0 Å². The van der Waals surface area contributed by atoms with E-state index in [1.165, 1.54) is 18.6 Å². The van der Waals surface area contributed by atoms with Crippen molar-refractivity contribution in [3.63, 3.8) is 0 Å². The van der Waals surface area contributed by atoms with E-state index in [9.17, 15) is 10.1 Å². The third kappa shape index (κ3) is 2.67. The minimum atomic E-state index is -0.406. The van der Waals surface area contributed by atoms with Crippen LogP contribution in [0, 0.1) is 10.1 Å². The van der Waals surface area contributed by atoms with E-state index in [-0.39, 0.29) is 17.4 Å². The maximum absolute atomic E-state index is 10.8. The minimum Gasteiger partial charge on any atom is -0.489 e. The molecule has 1 aliphatic carbocycles. The van der Waals surface area contributed by atoms with Crippen molar-refractivity contribution in [1.82, 2.24) is 0 Å². The van der Waals surface area contributed by atoms with Gasteiger partial charge in [-0.25, -0.2) is 0 Å². The van der Waals surface area contributed by atoms with Crippen molar-refractivity contribution < 1.29 is 14.4 Å². The summed E-state index contributed by atoms with van der Waals surface area (Å²) in [6.45, 7) is 0.706. The number of nitrogens with zero attached hydrogens (tertiary/aromatic N) is 1. The summed E-state index contributed by atoms with van der Waals surface area (Å²) in [5.74, 6) is 0.542. The van der Waals surface area contributed by atoms with Crippen LogP contribution in [0.5, 0.6) is 5.75 Å². The van der Waals surface area contributed by atoms with Gasteiger partial charge in [-0.05, 0) is 41.3 Å². The highest BCUT2D eigenvalue weighted by molar-refractivity contribution is 9.10. The number of ether oxygens (including phenoxy) is 2. The highest BCUT2D eigenvalue weighted by Gasteiger charge is 2.43. The van der Waals surface area contributed by atoms with Crippen LogP contribution in [0.3, 0.4) is 0 Å². The molecule has 1 atom stereocenters. The zero-order chi connectivity index (χ0) is 14.2. The molecule has 1 aromatic rings. The van der Waals surface area contributed by atoms with Crippen molar-refractivity contribution in [1.29, 1.82) is 0 Å². The van der Waals surface area contributed by atoms with Crippen LogP contribution in [0.4, 0.5) is 5.69 Å². The monoisotopic (exact) mass is 341 g/mol. The van der Waals surface area contributed by atoms with Crippen LogP contribution in [-0.4, -0.2) is 23.2 Å². The van der Waals surface area contributed by atoms with Gasteiger partial charge in [0.15, 0.2) is 0 Å². The van der Waals surface area contributed by atoms with E-state index in [1.807, 2.05) is 0 Å². The molecule has 1 unspecified atom stereocenters. The fraction of sp³-hybridized carbons (Fsp3) is 0.571. The summed E-state index contributed by atoms with van der Waals surface area (Å²) in [7, 11) is 0. The second-order valence-corrected chi connectivity index (χ2v) is 6.34. The van der Waals surface area contributed by atoms with Gasteiger partial charge in [-0.15, -0.1) is 0 Å². The third-order valence-electron chi connectivity index (χ3n) is 4.13. The summed E-state index contributed by atoms with van der Waals surface area (Å²) in [5.41, 5.74) is 0.0597. The number of nitro benzene ring substituents is 1. The first-order chi connectivity index (χ1) is 9.58. The highest BCUT2D eigenvalue weighted by Crippen LogP contribution is 2.43. The van der Waals surface area contributed by atoms with E-state index in [2.05, 4.69) is 15.9 Å². The van der Waals surface area contributed by atoms with Gasteiger partial charge in [0.2, 0.25) is 0 Å². The van der Waals surface area contributed by atoms with Crippen LogP contribution in [0.1, 0.15) is 32.1 Å². The molecular formula is C14H16BrNO4. The Morgan fingerprint density at radius 3 is 2.90 bits per heavy atom. The minimum absolute atomic E-state index is 0.0100. The average Bonchev–Trinajstić information content (AvgIpc) is 2.39. The Labute approximate surface area is 125 Å². The molecule has 0 N–H and O–H groups in total. The van der Waals surface area contributed by atoms with Gasteiger partial charge in [0.1, 0.15) is 11.9 Å². The molecule has 1 spiro atoms. The number of benzene rings is 1. The molecule has 0 radical (unpaired) electrons. The van der Waals surface area contributed by atoms with Gasteiger partial charge in [0.25, 0.3) is 5.69 Å². The molecule has 2 aliphatic rings. The Balaban J connectivity index is 1.73. The summed E-state index contributed by atoms with van der Waals surface area (Å²) in [4.78, 5) is 10.4. The SMILES string of the molecule is O=[N+]([O-])c1ccc(Br)c(OC2CCOC3(CCC3)C2)c1. The van der Waals surface area contributed by atoms with Gasteiger partial charge in [0.05, 0.1) is 27.7 Å². The molecule has 1 aromatic carbocycles. The Hall–Kier alpha value is -1.14. The van der Waals surface area contributed by atoms with E-state index in [1.54, 1.807) is 6.07 Å². The van der Waals surface area contributed by atoms with Crippen molar-refractivity contribution in [2.45, 2.75) is 43.8 Å². The Kier molecular flexibility index (Phi) is 3.69. The lowest BCUT2D eigenvalue weighted by Gasteiger charge is -2.46. The maximum atomic E-state index is 10.8. The second-order valence-electron chi connectivity index (χ2n) is 5.49. The van der Waals surface area contributed by atoms with Crippen LogP contribution in [0.15, 0.2) is 22.7 Å². The predicted octanol–water partition coefficient (Wildman–Crippen LogP) is 3.84. The van der Waals surface area contributed by atoms with Crippen molar-refractivity contribution >= 4 is 21.6 Å². The molecular weight excluding hydrogens is 326 g/mol. The molecule has 1 saturated carbocycles. The molecule has 6 heteroatoms. The summed E-state index contributed by atoms with van der Waals surface area (Å²) in [6, 6.07) is 4.60. The van der Waals surface area contributed by atoms with Crippen LogP contribution in [0.25, 0.3) is 0 Å². The van der Waals surface area contributed by atoms with Crippen molar-refractivity contribution in [2.24, 2.45) is 0 Å². The van der Waals surface area contributed by atoms with Gasteiger partial charge >= 0.3 is 0 Å². The van der Waals surface area contributed by atoms with Crippen molar-refractivity contribution in [3.8, 4) is 5.75 Å². The molecule has 108 valence electrons. The van der Waals surface area contributed by atoms with E-state index < -0.39 is 4.92 Å². The molecule has 0 aromatic heterocycles. The van der Waals surface area contributed by atoms with Gasteiger partial charge < -0.3 is 9.47 Å². The molecule has 20 heavy (non-hydrogen) atoms. The topological polar surface area (TPSA) is 61.6 Å². The van der Waals surface area contributed by atoms with Crippen LogP contribution < -0.4 is 4.74 Å². The molecule has 2 fully saturated rings. The summed E-state index contributed by atoms with van der Waals surface area (Å²) >= 11 is 3.39. The molecule has 1 heterocycles. The highest BCUT2D eigenvalue weighted by atomic mass is 79.9. The van der Waals surface area contributed by atoms with Crippen LogP contribution in [0.2, 0.25) is 0 Å². The van der Waals surface area contributed by atoms with E-state index in [4.69, 9.17) is 9.47 Å². The molecule has 5 nitrogen and oxygen atoms in total. The number of hydrogen-bond acceptors (Lipinski definition) is 4. The maximum Gasteiger partial charge on any atom is 0.273 e. The molecule has 1 aliphatic heterocycles. The van der Waals surface area contributed by atoms with Crippen LogP contribution in [-0.2, 0) is 4.74 Å². The normalized spacial score (nSPS) is 24.1. The van der Waals surface area contributed by atoms with E-state index in [0.717, 1.165) is 30.2 Å². The number of nitro groups is 1. The lowest BCUT2D eigenvalue weighted by molar-refractivity contribution is -0.385. The zero-order valence-corrected chi connectivity index (χ0v) is 12.6. The predicted molar refractivity (Wildman–Crippen MR) is 77.0 cm³/mol. The number of hydrogen-bond donors (Lipinski definition) is 0. The van der Waals surface area contributed by atoms with Gasteiger partial charge in [0, 0.05) is 18.9 Å². The quantitative estimate of drug-likeness (QED) is 0.619. The first-order valence-electron chi connectivity index (χ1n) is 6.83. The fourth-order valence-electron chi connectivity index (χ4n) is 2.88. The van der Waals surface area contributed by atoms with Gasteiger partial charge in [-0.3, -0.25) is 10.1 Å². The molecule has 0 bridgehead atoms. The summed E-state index contributed by atoms with van der Waals surface area (Å²) < 4.78 is 12.6. The lowest BCUT2D eigenvalue weighted by Crippen LogP contribution is -2.48. The summed E-state index contributed by atoms with van der Waals surface area (Å²) in [6.07, 6.45) is 5.19. The lowest BCUT2D eigenvalue weighted by atomic mass is 9.74. The molecule has 0 amide bonds. The Morgan fingerprint density at radius 1 is 1.45 bits per heavy atom. The van der Waals surface area contributed by atoms with Crippen molar-refractivity contribution in [2.75, 3.05) is 6.61 Å². The number of halogens is 1. The smallest absolute Gasteiger partial charge is 0.273 e. The Bertz CT molecular complexity index is 530. The second kappa shape index (κ2) is 5.33. The molecule has 3 rings (SSSR count). The number of non-ortho nitro benzene ring substituents is 1. The standard InChI is InChI=1S/C14H16BrNO4/c15-12-3-2-10(16(17)18)8-13(12)20-11-4-7-19-14(9-11)5-1-6-14/h2-3,8,11H,1,4-7,9H2. The first-order valence-corrected chi connectivity index (χ1v) is 7.62. The summed E-state index contributed by atoms with van der Waals surface area (Å²) in [5, 5.41) is 10.8. The molecule has 1 saturated heterocycles. The van der Waals surface area contributed by atoms with Gasteiger partial charge in [-0.1, -0.05) is 0 Å². The number of rotatable bonds is 3. The Morgan fingerprint density at radius 2 is 2.25 bits per heavy atom.